The smallest absolute Gasteiger partial charge is 0.241 e. The molecule has 0 aliphatic rings. The number of sulfonamides is 1. The maximum Gasteiger partial charge on any atom is 0.241 e. The average Bonchev–Trinajstić information content (AvgIpc) is 2.28. The molecule has 0 fully saturated rings. The number of aromatic nitrogens is 1. The Balaban J connectivity index is 2.89. The fourth-order valence-corrected chi connectivity index (χ4v) is 3.22. The zero-order chi connectivity index (χ0) is 12.9. The van der Waals surface area contributed by atoms with E-state index in [-0.39, 0.29) is 10.9 Å². The minimum atomic E-state index is -3.51. The van der Waals surface area contributed by atoms with E-state index in [4.69, 9.17) is 5.84 Å². The molecular weight excluding hydrogens is 260 g/mol. The van der Waals surface area contributed by atoms with E-state index in [1.165, 1.54) is 18.3 Å². The molecule has 17 heavy (non-hydrogen) atoms. The number of rotatable bonds is 6. The van der Waals surface area contributed by atoms with E-state index in [1.54, 1.807) is 11.8 Å². The third-order valence-corrected chi connectivity index (χ3v) is 4.38. The Hall–Kier alpha value is -0.830. The summed E-state index contributed by atoms with van der Waals surface area (Å²) in [5.41, 5.74) is 2.31. The number of pyridine rings is 1. The van der Waals surface area contributed by atoms with Crippen LogP contribution in [0.15, 0.2) is 23.2 Å². The van der Waals surface area contributed by atoms with Gasteiger partial charge in [-0.2, -0.15) is 11.8 Å². The lowest BCUT2D eigenvalue weighted by molar-refractivity contribution is 0.571. The number of hydrogen-bond donors (Lipinski definition) is 3. The van der Waals surface area contributed by atoms with Gasteiger partial charge >= 0.3 is 0 Å². The van der Waals surface area contributed by atoms with Gasteiger partial charge in [0.25, 0.3) is 0 Å². The molecule has 1 rings (SSSR count). The molecule has 1 heterocycles. The van der Waals surface area contributed by atoms with Gasteiger partial charge in [0.2, 0.25) is 10.0 Å². The molecule has 0 bridgehead atoms. The van der Waals surface area contributed by atoms with Crippen molar-refractivity contribution in [3.63, 3.8) is 0 Å². The Labute approximate surface area is 105 Å². The number of nitrogens with zero attached hydrogens (tertiary/aromatic N) is 1. The Kier molecular flexibility index (Phi) is 5.19. The van der Waals surface area contributed by atoms with Crippen LogP contribution >= 0.6 is 11.8 Å². The first-order chi connectivity index (χ1) is 7.99. The van der Waals surface area contributed by atoms with Gasteiger partial charge in [0.1, 0.15) is 5.82 Å². The zero-order valence-corrected chi connectivity index (χ0v) is 11.3. The van der Waals surface area contributed by atoms with Crippen LogP contribution in [-0.4, -0.2) is 31.5 Å². The lowest BCUT2D eigenvalue weighted by Crippen LogP contribution is -2.34. The van der Waals surface area contributed by atoms with Crippen LogP contribution in [0.4, 0.5) is 5.82 Å². The molecule has 0 saturated heterocycles. The second kappa shape index (κ2) is 6.20. The Morgan fingerprint density at radius 3 is 2.88 bits per heavy atom. The van der Waals surface area contributed by atoms with Crippen LogP contribution in [0.5, 0.6) is 0 Å². The molecule has 0 aromatic carbocycles. The predicted molar refractivity (Wildman–Crippen MR) is 70.2 cm³/mol. The molecule has 0 amide bonds. The van der Waals surface area contributed by atoms with Crippen molar-refractivity contribution in [2.24, 2.45) is 5.84 Å². The molecule has 4 N–H and O–H groups in total. The molecule has 0 spiro atoms. The topological polar surface area (TPSA) is 97.1 Å². The number of hydrazine groups is 1. The van der Waals surface area contributed by atoms with Crippen LogP contribution in [0.2, 0.25) is 0 Å². The van der Waals surface area contributed by atoms with Crippen molar-refractivity contribution in [2.75, 3.05) is 17.4 Å². The van der Waals surface area contributed by atoms with Crippen molar-refractivity contribution in [1.82, 2.24) is 9.71 Å². The number of anilines is 1. The highest BCUT2D eigenvalue weighted by Gasteiger charge is 2.17. The van der Waals surface area contributed by atoms with Gasteiger partial charge in [-0.05, 0) is 19.2 Å². The van der Waals surface area contributed by atoms with Crippen molar-refractivity contribution < 1.29 is 8.42 Å². The van der Waals surface area contributed by atoms with Crippen LogP contribution < -0.4 is 16.0 Å². The summed E-state index contributed by atoms with van der Waals surface area (Å²) >= 11 is 1.58. The van der Waals surface area contributed by atoms with E-state index in [1.807, 2.05) is 13.2 Å². The summed E-state index contributed by atoms with van der Waals surface area (Å²) in [6.45, 7) is 1.82. The Bertz CT molecular complexity index is 464. The van der Waals surface area contributed by atoms with E-state index in [0.717, 1.165) is 0 Å². The molecule has 0 aliphatic heterocycles. The molecule has 0 saturated carbocycles. The molecule has 1 unspecified atom stereocenters. The highest BCUT2D eigenvalue weighted by atomic mass is 32.2. The minimum Gasteiger partial charge on any atom is -0.308 e. The van der Waals surface area contributed by atoms with E-state index >= 15 is 0 Å². The number of nitrogens with two attached hydrogens (primary N) is 1. The molecule has 1 atom stereocenters. The lowest BCUT2D eigenvalue weighted by Gasteiger charge is -2.13. The second-order valence-corrected chi connectivity index (χ2v) is 6.12. The number of nitrogens with one attached hydrogen (secondary N) is 2. The summed E-state index contributed by atoms with van der Waals surface area (Å²) in [5.74, 6) is 6.21. The van der Waals surface area contributed by atoms with Gasteiger partial charge in [0, 0.05) is 24.1 Å². The van der Waals surface area contributed by atoms with Crippen LogP contribution in [-0.2, 0) is 10.0 Å². The van der Waals surface area contributed by atoms with Crippen LogP contribution in [0.25, 0.3) is 0 Å². The molecule has 96 valence electrons. The molecule has 0 aliphatic carbocycles. The zero-order valence-electron chi connectivity index (χ0n) is 9.67. The lowest BCUT2D eigenvalue weighted by atomic mass is 10.4. The molecule has 0 radical (unpaired) electrons. The van der Waals surface area contributed by atoms with Crippen LogP contribution in [0, 0.1) is 0 Å². The summed E-state index contributed by atoms with van der Waals surface area (Å²) in [4.78, 5) is 4.00. The SMILES string of the molecule is CSCC(C)NS(=O)(=O)c1ccnc(NN)c1. The summed E-state index contributed by atoms with van der Waals surface area (Å²) in [7, 11) is -3.51. The monoisotopic (exact) mass is 276 g/mol. The van der Waals surface area contributed by atoms with E-state index in [9.17, 15) is 8.42 Å². The third kappa shape index (κ3) is 4.15. The van der Waals surface area contributed by atoms with Crippen molar-refractivity contribution in [3.8, 4) is 0 Å². The maximum atomic E-state index is 12.0. The predicted octanol–water partition coefficient (Wildman–Crippen LogP) is 0.397. The van der Waals surface area contributed by atoms with Gasteiger partial charge in [-0.1, -0.05) is 0 Å². The van der Waals surface area contributed by atoms with E-state index in [0.29, 0.717) is 11.6 Å². The summed E-state index contributed by atoms with van der Waals surface area (Å²) < 4.78 is 26.5. The first-order valence-electron chi connectivity index (χ1n) is 4.93. The average molecular weight is 276 g/mol. The fraction of sp³-hybridized carbons (Fsp3) is 0.444. The highest BCUT2D eigenvalue weighted by Crippen LogP contribution is 2.12. The molecule has 1 aromatic heterocycles. The van der Waals surface area contributed by atoms with Gasteiger partial charge in [0.15, 0.2) is 0 Å². The number of nitrogen functional groups attached to an aromatic ring is 1. The number of thioether (sulfide) groups is 1. The standard InChI is InChI=1S/C9H16N4O2S2/c1-7(6-16-2)13-17(14,15)8-3-4-11-9(5-8)12-10/h3-5,7,13H,6,10H2,1-2H3,(H,11,12). The van der Waals surface area contributed by atoms with Crippen molar-refractivity contribution in [3.05, 3.63) is 18.3 Å². The second-order valence-electron chi connectivity index (χ2n) is 3.50. The van der Waals surface area contributed by atoms with Crippen molar-refractivity contribution >= 4 is 27.6 Å². The minimum absolute atomic E-state index is 0.127. The summed E-state index contributed by atoms with van der Waals surface area (Å²) in [6, 6.07) is 2.68. The van der Waals surface area contributed by atoms with Gasteiger partial charge in [-0.15, -0.1) is 0 Å². The summed E-state index contributed by atoms with van der Waals surface area (Å²) in [5, 5.41) is 0. The van der Waals surface area contributed by atoms with Gasteiger partial charge < -0.3 is 5.43 Å². The molecule has 8 heteroatoms. The number of hydrogen-bond acceptors (Lipinski definition) is 6. The Morgan fingerprint density at radius 1 is 1.59 bits per heavy atom. The largest absolute Gasteiger partial charge is 0.308 e. The van der Waals surface area contributed by atoms with Gasteiger partial charge in [-0.3, -0.25) is 0 Å². The van der Waals surface area contributed by atoms with Crippen LogP contribution in [0.1, 0.15) is 6.92 Å². The third-order valence-electron chi connectivity index (χ3n) is 1.96. The van der Waals surface area contributed by atoms with Crippen molar-refractivity contribution in [2.45, 2.75) is 17.9 Å². The fourth-order valence-electron chi connectivity index (χ4n) is 1.27. The quantitative estimate of drug-likeness (QED) is 0.514. The van der Waals surface area contributed by atoms with Gasteiger partial charge in [0.05, 0.1) is 4.90 Å². The van der Waals surface area contributed by atoms with Crippen molar-refractivity contribution in [1.29, 1.82) is 0 Å². The summed E-state index contributed by atoms with van der Waals surface area (Å²) in [6.07, 6.45) is 3.32. The Morgan fingerprint density at radius 2 is 2.29 bits per heavy atom. The van der Waals surface area contributed by atoms with E-state index in [2.05, 4.69) is 15.1 Å². The first-order valence-corrected chi connectivity index (χ1v) is 7.81. The molecule has 6 nitrogen and oxygen atoms in total. The molecular formula is C9H16N4O2S2. The molecule has 1 aromatic rings. The van der Waals surface area contributed by atoms with Gasteiger partial charge in [-0.25, -0.2) is 24.0 Å². The highest BCUT2D eigenvalue weighted by molar-refractivity contribution is 7.98. The van der Waals surface area contributed by atoms with Crippen LogP contribution in [0.3, 0.4) is 0 Å². The maximum absolute atomic E-state index is 12.0. The normalized spacial score (nSPS) is 13.4. The first kappa shape index (κ1) is 14.2. The van der Waals surface area contributed by atoms with E-state index < -0.39 is 10.0 Å².